The molecule has 1 rings (SSSR count). The second-order valence-electron chi connectivity index (χ2n) is 1.78. The number of aromatic amines is 1. The highest BCUT2D eigenvalue weighted by Crippen LogP contribution is 2.14. The molecule has 1 amide bonds. The minimum absolute atomic E-state index is 0.0695. The van der Waals surface area contributed by atoms with E-state index in [9.17, 15) is 4.79 Å². The lowest BCUT2D eigenvalue weighted by atomic mass is 10.4. The molecule has 0 aromatic carbocycles. The summed E-state index contributed by atoms with van der Waals surface area (Å²) in [6.07, 6.45) is 1.16. The first-order valence-corrected chi connectivity index (χ1v) is 2.97. The van der Waals surface area contributed by atoms with Gasteiger partial charge in [0, 0.05) is 9.82 Å². The quantitative estimate of drug-likeness (QED) is 0.418. The number of amides is 1. The Hall–Kier alpha value is -2.50. The van der Waals surface area contributed by atoms with E-state index in [1.165, 1.54) is 0 Å². The Bertz CT molecular complexity index is 419. The molecule has 1 heterocycles. The van der Waals surface area contributed by atoms with Crippen LogP contribution in [0.5, 0.6) is 0 Å². The van der Waals surface area contributed by atoms with E-state index in [1.807, 2.05) is 0 Å². The number of hydrogen-bond donors (Lipinski definition) is 1. The largest absolute Gasteiger partial charge is 0.343 e. The summed E-state index contributed by atoms with van der Waals surface area (Å²) < 4.78 is 0. The molecule has 0 aliphatic carbocycles. The van der Waals surface area contributed by atoms with Crippen LogP contribution >= 0.6 is 0 Å². The van der Waals surface area contributed by atoms with Crippen molar-refractivity contribution in [2.75, 3.05) is 0 Å². The van der Waals surface area contributed by atoms with E-state index in [1.54, 1.807) is 0 Å². The molecule has 1 aromatic rings. The topological polar surface area (TPSA) is 143 Å². The molecular weight excluding hydrogens is 176 g/mol. The van der Waals surface area contributed by atoms with Crippen LogP contribution in [0.2, 0.25) is 0 Å². The van der Waals surface area contributed by atoms with E-state index in [-0.39, 0.29) is 11.5 Å². The highest BCUT2D eigenvalue weighted by atomic mass is 16.1. The van der Waals surface area contributed by atoms with Crippen LogP contribution < -0.4 is 0 Å². The Labute approximate surface area is 70.7 Å². The fourth-order valence-corrected chi connectivity index (χ4v) is 0.653. The first kappa shape index (κ1) is 8.60. The molecule has 0 spiro atoms. The summed E-state index contributed by atoms with van der Waals surface area (Å²) in [5.74, 6) is -0.967. The first-order valence-electron chi connectivity index (χ1n) is 2.97. The monoisotopic (exact) mass is 178 g/mol. The molecule has 13 heavy (non-hydrogen) atoms. The molecule has 0 unspecified atom stereocenters. The standard InChI is InChI=1S/C4H2N8O/c5-11-9-3-2(7-1-8-3)4(13)10-12-6/h1H,(H,7,8). The molecule has 0 radical (unpaired) electrons. The number of carbonyl (C=O) groups is 1. The van der Waals surface area contributed by atoms with Gasteiger partial charge in [-0.2, -0.15) is 0 Å². The minimum Gasteiger partial charge on any atom is -0.343 e. The van der Waals surface area contributed by atoms with Gasteiger partial charge in [0.2, 0.25) is 0 Å². The van der Waals surface area contributed by atoms with Gasteiger partial charge in [-0.05, 0) is 21.3 Å². The van der Waals surface area contributed by atoms with Crippen LogP contribution in [0.4, 0.5) is 5.82 Å². The summed E-state index contributed by atoms with van der Waals surface area (Å²) in [6, 6.07) is 0. The predicted molar refractivity (Wildman–Crippen MR) is 40.9 cm³/mol. The summed E-state index contributed by atoms with van der Waals surface area (Å²) in [4.78, 5) is 21.6. The first-order chi connectivity index (χ1) is 6.29. The smallest absolute Gasteiger partial charge is 0.269 e. The summed E-state index contributed by atoms with van der Waals surface area (Å²) >= 11 is 0. The lowest BCUT2D eigenvalue weighted by Crippen LogP contribution is -1.93. The summed E-state index contributed by atoms with van der Waals surface area (Å²) in [7, 11) is 0. The lowest BCUT2D eigenvalue weighted by molar-refractivity contribution is 0.0997. The van der Waals surface area contributed by atoms with Crippen molar-refractivity contribution in [3.63, 3.8) is 0 Å². The van der Waals surface area contributed by atoms with Gasteiger partial charge in [0.1, 0.15) is 11.5 Å². The third-order valence-electron chi connectivity index (χ3n) is 1.10. The maximum absolute atomic E-state index is 10.9. The number of azide groups is 2. The van der Waals surface area contributed by atoms with Crippen molar-refractivity contribution in [2.24, 2.45) is 10.2 Å². The normalized spacial score (nSPS) is 8.31. The Morgan fingerprint density at radius 2 is 2.31 bits per heavy atom. The Morgan fingerprint density at radius 1 is 1.54 bits per heavy atom. The SMILES string of the molecule is [N-]=[N+]=NC(=O)c1nc[nH]c1N=[N+]=[N-]. The third kappa shape index (κ3) is 1.74. The van der Waals surface area contributed by atoms with E-state index in [0.717, 1.165) is 6.33 Å². The number of H-pyrrole nitrogens is 1. The van der Waals surface area contributed by atoms with Crippen LogP contribution in [0.25, 0.3) is 20.9 Å². The van der Waals surface area contributed by atoms with Crippen molar-refractivity contribution in [2.45, 2.75) is 0 Å². The number of rotatable bonds is 2. The van der Waals surface area contributed by atoms with Crippen molar-refractivity contribution in [1.82, 2.24) is 9.97 Å². The maximum Gasteiger partial charge on any atom is 0.269 e. The van der Waals surface area contributed by atoms with E-state index >= 15 is 0 Å². The van der Waals surface area contributed by atoms with Gasteiger partial charge in [-0.3, -0.25) is 4.79 Å². The molecule has 0 atom stereocenters. The van der Waals surface area contributed by atoms with Crippen LogP contribution in [0.15, 0.2) is 16.6 Å². The molecule has 0 aliphatic heterocycles. The zero-order chi connectivity index (χ0) is 9.68. The molecule has 0 fully saturated rings. The maximum atomic E-state index is 10.9. The zero-order valence-corrected chi connectivity index (χ0v) is 6.12. The van der Waals surface area contributed by atoms with E-state index in [0.29, 0.717) is 0 Å². The van der Waals surface area contributed by atoms with Crippen LogP contribution in [0.1, 0.15) is 10.5 Å². The van der Waals surface area contributed by atoms with Gasteiger partial charge in [-0.25, -0.2) is 4.98 Å². The number of carbonyl (C=O) groups excluding carboxylic acids is 1. The van der Waals surface area contributed by atoms with Gasteiger partial charge in [0.15, 0.2) is 0 Å². The van der Waals surface area contributed by atoms with E-state index < -0.39 is 5.91 Å². The molecule has 1 aromatic heterocycles. The van der Waals surface area contributed by atoms with Gasteiger partial charge in [0.05, 0.1) is 6.33 Å². The van der Waals surface area contributed by atoms with Gasteiger partial charge in [-0.15, -0.1) is 0 Å². The molecule has 0 saturated carbocycles. The summed E-state index contributed by atoms with van der Waals surface area (Å²) in [5.41, 5.74) is 15.8. The molecule has 64 valence electrons. The number of imidazole rings is 1. The Morgan fingerprint density at radius 3 is 2.92 bits per heavy atom. The second kappa shape index (κ2) is 3.77. The van der Waals surface area contributed by atoms with Crippen LogP contribution in [-0.2, 0) is 0 Å². The Kier molecular flexibility index (Phi) is 2.49. The van der Waals surface area contributed by atoms with Crippen LogP contribution in [0.3, 0.4) is 0 Å². The van der Waals surface area contributed by atoms with Crippen LogP contribution in [0, 0.1) is 0 Å². The average Bonchev–Trinajstić information content (AvgIpc) is 2.54. The minimum atomic E-state index is -0.897. The predicted octanol–water partition coefficient (Wildman–Crippen LogP) is 1.80. The average molecular weight is 178 g/mol. The number of nitrogens with one attached hydrogen (secondary N) is 1. The van der Waals surface area contributed by atoms with Gasteiger partial charge < -0.3 is 4.98 Å². The van der Waals surface area contributed by atoms with Gasteiger partial charge in [-0.1, -0.05) is 0 Å². The van der Waals surface area contributed by atoms with E-state index in [4.69, 9.17) is 11.1 Å². The molecule has 0 aliphatic rings. The molecule has 0 saturated heterocycles. The van der Waals surface area contributed by atoms with Crippen molar-refractivity contribution < 1.29 is 4.79 Å². The van der Waals surface area contributed by atoms with Crippen molar-refractivity contribution in [3.8, 4) is 0 Å². The molecular formula is C4H2N8O. The van der Waals surface area contributed by atoms with E-state index in [2.05, 4.69) is 30.0 Å². The van der Waals surface area contributed by atoms with Gasteiger partial charge >= 0.3 is 0 Å². The van der Waals surface area contributed by atoms with Crippen molar-refractivity contribution in [3.05, 3.63) is 32.9 Å². The highest BCUT2D eigenvalue weighted by Gasteiger charge is 2.10. The highest BCUT2D eigenvalue weighted by molar-refractivity contribution is 5.96. The molecule has 9 heteroatoms. The van der Waals surface area contributed by atoms with Gasteiger partial charge in [0.25, 0.3) is 5.91 Å². The lowest BCUT2D eigenvalue weighted by Gasteiger charge is -1.86. The fourth-order valence-electron chi connectivity index (χ4n) is 0.653. The number of nitrogens with zero attached hydrogens (tertiary/aromatic N) is 7. The molecule has 1 N–H and O–H groups in total. The summed E-state index contributed by atoms with van der Waals surface area (Å²) in [5, 5.41) is 5.91. The third-order valence-corrected chi connectivity index (χ3v) is 1.10. The number of aromatic nitrogens is 2. The second-order valence-corrected chi connectivity index (χ2v) is 1.78. The fraction of sp³-hybridized carbons (Fsp3) is 0. The number of hydrogen-bond acceptors (Lipinski definition) is 3. The van der Waals surface area contributed by atoms with Crippen molar-refractivity contribution in [1.29, 1.82) is 0 Å². The van der Waals surface area contributed by atoms with Crippen LogP contribution in [-0.4, -0.2) is 15.9 Å². The molecule has 0 bridgehead atoms. The van der Waals surface area contributed by atoms with Crippen molar-refractivity contribution >= 4 is 11.7 Å². The molecule has 9 nitrogen and oxygen atoms in total. The summed E-state index contributed by atoms with van der Waals surface area (Å²) in [6.45, 7) is 0. The Balaban J connectivity index is 3.13. The zero-order valence-electron chi connectivity index (χ0n) is 6.12.